The van der Waals surface area contributed by atoms with Crippen LogP contribution < -0.4 is 0 Å². The molecule has 2 N–H and O–H groups in total. The molecule has 0 aromatic heterocycles. The maximum absolute atomic E-state index is 12.7. The minimum Gasteiger partial charge on any atom is -0.281 e. The lowest BCUT2D eigenvalue weighted by atomic mass is 10.2. The summed E-state index contributed by atoms with van der Waals surface area (Å²) in [4.78, 5) is 0. The smallest absolute Gasteiger partial charge is 0.281 e. The first-order valence-corrected chi connectivity index (χ1v) is 5.88. The number of rotatable bonds is 7. The van der Waals surface area contributed by atoms with Crippen molar-refractivity contribution in [2.75, 3.05) is 0 Å². The normalized spacial score (nSPS) is 15.5. The number of alkyl halides is 8. The molecule has 0 aliphatic rings. The van der Waals surface area contributed by atoms with Crippen LogP contribution in [0.4, 0.5) is 35.1 Å². The molecule has 6 nitrogen and oxygen atoms in total. The first kappa shape index (κ1) is 19.6. The summed E-state index contributed by atoms with van der Waals surface area (Å²) in [5.41, 5.74) is 0. The molecule has 0 rings (SSSR count). The van der Waals surface area contributed by atoms with Gasteiger partial charge in [-0.05, 0) is 0 Å². The molecule has 0 amide bonds. The van der Waals surface area contributed by atoms with E-state index in [4.69, 9.17) is 9.81 Å². The van der Waals surface area contributed by atoms with Crippen molar-refractivity contribution in [1.29, 1.82) is 0 Å². The SMILES string of the molecule is O=S(=O)(O)C(F)(F)C(F)(F)C(F)(F)C(F)(F)SOOO. The Morgan fingerprint density at radius 3 is 1.60 bits per heavy atom. The molecule has 0 saturated heterocycles. The topological polar surface area (TPSA) is 93.1 Å². The van der Waals surface area contributed by atoms with Crippen LogP contribution in [0.3, 0.4) is 0 Å². The van der Waals surface area contributed by atoms with Crippen LogP contribution in [0.1, 0.15) is 0 Å². The van der Waals surface area contributed by atoms with Crippen molar-refractivity contribution in [3.05, 3.63) is 0 Å². The average Bonchev–Trinajstić information content (AvgIpc) is 2.24. The lowest BCUT2D eigenvalue weighted by molar-refractivity contribution is -0.435. The van der Waals surface area contributed by atoms with Gasteiger partial charge in [-0.2, -0.15) is 43.5 Å². The standard InChI is InChI=1S/C4H2F8O6S2/c5-1(6,3(9,10)19-18-17-13)2(7,8)4(11,12)20(14,15)16/h13H,(H,14,15,16). The third-order valence-corrected chi connectivity index (χ3v) is 3.12. The summed E-state index contributed by atoms with van der Waals surface area (Å²) < 4.78 is 131. The van der Waals surface area contributed by atoms with E-state index < -0.39 is 44.5 Å². The molecule has 0 aromatic carbocycles. The summed E-state index contributed by atoms with van der Waals surface area (Å²) in [5.74, 6) is -14.3. The minimum atomic E-state index is -7.23. The van der Waals surface area contributed by atoms with Crippen molar-refractivity contribution in [3.8, 4) is 0 Å². The third-order valence-electron chi connectivity index (χ3n) is 1.62. The molecule has 0 fully saturated rings. The van der Waals surface area contributed by atoms with Gasteiger partial charge in [0.05, 0.1) is 0 Å². The first-order valence-electron chi connectivity index (χ1n) is 3.70. The Morgan fingerprint density at radius 2 is 1.30 bits per heavy atom. The minimum absolute atomic E-state index is 2.01. The molecule has 0 aliphatic heterocycles. The van der Waals surface area contributed by atoms with E-state index in [2.05, 4.69) is 9.37 Å². The van der Waals surface area contributed by atoms with Crippen molar-refractivity contribution in [3.63, 3.8) is 0 Å². The van der Waals surface area contributed by atoms with E-state index in [1.54, 1.807) is 0 Å². The van der Waals surface area contributed by atoms with Crippen molar-refractivity contribution in [2.24, 2.45) is 0 Å². The lowest BCUT2D eigenvalue weighted by Gasteiger charge is -2.33. The van der Waals surface area contributed by atoms with Crippen LogP contribution in [-0.4, -0.2) is 40.6 Å². The van der Waals surface area contributed by atoms with Gasteiger partial charge in [-0.1, -0.05) is 5.04 Å². The fourth-order valence-electron chi connectivity index (χ4n) is 0.638. The molecular weight excluding hydrogens is 360 g/mol. The molecule has 122 valence electrons. The largest absolute Gasteiger partial charge is 0.438 e. The predicted molar refractivity (Wildman–Crippen MR) is 43.7 cm³/mol. The Labute approximate surface area is 108 Å². The predicted octanol–water partition coefficient (Wildman–Crippen LogP) is 2.40. The molecular formula is C4H2F8O6S2. The molecule has 0 atom stereocenters. The highest BCUT2D eigenvalue weighted by Crippen LogP contribution is 2.57. The molecule has 0 bridgehead atoms. The van der Waals surface area contributed by atoms with Crippen LogP contribution in [0.2, 0.25) is 0 Å². The second-order valence-electron chi connectivity index (χ2n) is 2.88. The summed E-state index contributed by atoms with van der Waals surface area (Å²) in [5, 5.41) is -3.33. The van der Waals surface area contributed by atoms with Crippen LogP contribution in [0.15, 0.2) is 0 Å². The second-order valence-corrected chi connectivity index (χ2v) is 5.16. The number of halogens is 8. The van der Waals surface area contributed by atoms with Crippen molar-refractivity contribution in [1.82, 2.24) is 0 Å². The number of hydrogen-bond donors (Lipinski definition) is 2. The van der Waals surface area contributed by atoms with E-state index in [1.165, 1.54) is 0 Å². The Bertz CT molecular complexity index is 448. The van der Waals surface area contributed by atoms with E-state index in [0.29, 0.717) is 0 Å². The lowest BCUT2D eigenvalue weighted by Crippen LogP contribution is -2.63. The monoisotopic (exact) mass is 362 g/mol. The fraction of sp³-hybridized carbons (Fsp3) is 1.00. The molecule has 0 saturated carbocycles. The Balaban J connectivity index is 5.80. The highest BCUT2D eigenvalue weighted by molar-refractivity contribution is 7.95. The molecule has 0 radical (unpaired) electrons. The molecule has 0 aliphatic carbocycles. The van der Waals surface area contributed by atoms with E-state index >= 15 is 0 Å². The molecule has 0 aromatic rings. The van der Waals surface area contributed by atoms with Crippen molar-refractivity contribution < 1.29 is 62.7 Å². The first-order chi connectivity index (χ1) is 8.56. The molecule has 0 unspecified atom stereocenters. The summed E-state index contributed by atoms with van der Waals surface area (Å²) >= 11 is -2.01. The Hall–Kier alpha value is -0.420. The van der Waals surface area contributed by atoms with Gasteiger partial charge in [0.15, 0.2) is 0 Å². The molecule has 20 heavy (non-hydrogen) atoms. The maximum atomic E-state index is 12.7. The second kappa shape index (κ2) is 5.41. The van der Waals surface area contributed by atoms with Crippen LogP contribution >= 0.6 is 12.0 Å². The quantitative estimate of drug-likeness (QED) is 0.236. The van der Waals surface area contributed by atoms with Crippen LogP contribution in [-0.2, 0) is 19.5 Å². The van der Waals surface area contributed by atoms with Crippen molar-refractivity contribution >= 4 is 22.2 Å². The van der Waals surface area contributed by atoms with E-state index in [1.807, 2.05) is 0 Å². The van der Waals surface area contributed by atoms with Gasteiger partial charge < -0.3 is 0 Å². The van der Waals surface area contributed by atoms with Crippen LogP contribution in [0.5, 0.6) is 0 Å². The third kappa shape index (κ3) is 2.93. The molecule has 0 heterocycles. The summed E-state index contributed by atoms with van der Waals surface area (Å²) in [6, 6.07) is 0. The maximum Gasteiger partial charge on any atom is 0.438 e. The van der Waals surface area contributed by atoms with Gasteiger partial charge in [0.25, 0.3) is 0 Å². The summed E-state index contributed by atoms with van der Waals surface area (Å²) in [6.07, 6.45) is 0. The zero-order valence-corrected chi connectivity index (χ0v) is 10.0. The van der Waals surface area contributed by atoms with E-state index in [-0.39, 0.29) is 0 Å². The van der Waals surface area contributed by atoms with E-state index in [9.17, 15) is 43.5 Å². The zero-order valence-electron chi connectivity index (χ0n) is 8.37. The number of hydrogen-bond acceptors (Lipinski definition) is 6. The van der Waals surface area contributed by atoms with Gasteiger partial charge in [-0.3, -0.25) is 4.55 Å². The van der Waals surface area contributed by atoms with Crippen LogP contribution in [0, 0.1) is 0 Å². The highest BCUT2D eigenvalue weighted by atomic mass is 32.2. The van der Waals surface area contributed by atoms with Gasteiger partial charge in [-0.15, -0.1) is 4.33 Å². The van der Waals surface area contributed by atoms with Gasteiger partial charge in [0.2, 0.25) is 0 Å². The van der Waals surface area contributed by atoms with E-state index in [0.717, 1.165) is 0 Å². The van der Waals surface area contributed by atoms with Gasteiger partial charge >= 0.3 is 32.5 Å². The average molecular weight is 362 g/mol. The van der Waals surface area contributed by atoms with Gasteiger partial charge in [-0.25, -0.2) is 5.26 Å². The highest BCUT2D eigenvalue weighted by Gasteiger charge is 2.85. The Kier molecular flexibility index (Phi) is 5.30. The summed E-state index contributed by atoms with van der Waals surface area (Å²) in [7, 11) is -7.15. The van der Waals surface area contributed by atoms with Crippen molar-refractivity contribution in [2.45, 2.75) is 22.4 Å². The fourth-order valence-corrected chi connectivity index (χ4v) is 1.44. The molecule has 0 spiro atoms. The van der Waals surface area contributed by atoms with Crippen LogP contribution in [0.25, 0.3) is 0 Å². The Morgan fingerprint density at radius 1 is 0.900 bits per heavy atom. The molecule has 16 heteroatoms. The van der Waals surface area contributed by atoms with Gasteiger partial charge in [0.1, 0.15) is 12.0 Å². The summed E-state index contributed by atoms with van der Waals surface area (Å²) in [6.45, 7) is 0. The van der Waals surface area contributed by atoms with Gasteiger partial charge in [0, 0.05) is 0 Å². The zero-order chi connectivity index (χ0) is 16.6.